The van der Waals surface area contributed by atoms with Crippen LogP contribution in [0.4, 0.5) is 11.4 Å². The predicted octanol–water partition coefficient (Wildman–Crippen LogP) is 4.31. The van der Waals surface area contributed by atoms with Gasteiger partial charge in [-0.3, -0.25) is 4.79 Å². The smallest absolute Gasteiger partial charge is 0.255 e. The van der Waals surface area contributed by atoms with Crippen molar-refractivity contribution >= 4 is 28.9 Å². The average molecular weight is 328 g/mol. The van der Waals surface area contributed by atoms with Crippen molar-refractivity contribution in [3.63, 3.8) is 0 Å². The summed E-state index contributed by atoms with van der Waals surface area (Å²) < 4.78 is 0. The second-order valence-electron chi connectivity index (χ2n) is 4.98. The Labute approximate surface area is 141 Å². The molecule has 0 fully saturated rings. The Kier molecular flexibility index (Phi) is 5.61. The molecule has 2 aromatic carbocycles. The fraction of sp³-hybridized carbons (Fsp3) is 0.222. The van der Waals surface area contributed by atoms with Crippen molar-refractivity contribution < 1.29 is 4.79 Å². The van der Waals surface area contributed by atoms with E-state index >= 15 is 0 Å². The van der Waals surface area contributed by atoms with Crippen LogP contribution in [0.5, 0.6) is 0 Å². The maximum Gasteiger partial charge on any atom is 0.255 e. The second kappa shape index (κ2) is 7.66. The molecule has 0 saturated heterocycles. The molecule has 5 heteroatoms. The number of hydrogen-bond acceptors (Lipinski definition) is 3. The van der Waals surface area contributed by atoms with E-state index in [9.17, 15) is 4.79 Å². The van der Waals surface area contributed by atoms with Crippen molar-refractivity contribution in [2.24, 2.45) is 0 Å². The first-order valence-electron chi connectivity index (χ1n) is 7.45. The van der Waals surface area contributed by atoms with Gasteiger partial charge in [-0.2, -0.15) is 5.26 Å². The van der Waals surface area contributed by atoms with E-state index in [1.807, 2.05) is 18.2 Å². The van der Waals surface area contributed by atoms with Crippen molar-refractivity contribution in [1.82, 2.24) is 0 Å². The molecule has 0 heterocycles. The number of nitriles is 1. The van der Waals surface area contributed by atoms with E-state index < -0.39 is 0 Å². The first-order chi connectivity index (χ1) is 11.1. The summed E-state index contributed by atoms with van der Waals surface area (Å²) in [5.74, 6) is -0.211. The van der Waals surface area contributed by atoms with E-state index in [1.54, 1.807) is 30.3 Å². The average Bonchev–Trinajstić information content (AvgIpc) is 2.57. The Morgan fingerprint density at radius 2 is 1.83 bits per heavy atom. The summed E-state index contributed by atoms with van der Waals surface area (Å²) in [6.07, 6.45) is 0. The molecular weight excluding hydrogens is 310 g/mol. The van der Waals surface area contributed by atoms with Gasteiger partial charge in [0.05, 0.1) is 10.6 Å². The molecule has 0 saturated carbocycles. The molecule has 0 unspecified atom stereocenters. The fourth-order valence-corrected chi connectivity index (χ4v) is 2.52. The largest absolute Gasteiger partial charge is 0.372 e. The molecule has 0 aliphatic rings. The molecule has 0 aromatic heterocycles. The van der Waals surface area contributed by atoms with Gasteiger partial charge in [0.1, 0.15) is 6.07 Å². The van der Waals surface area contributed by atoms with Crippen LogP contribution in [0.1, 0.15) is 29.8 Å². The number of rotatable bonds is 5. The van der Waals surface area contributed by atoms with E-state index in [0.29, 0.717) is 21.8 Å². The van der Waals surface area contributed by atoms with Gasteiger partial charge in [-0.1, -0.05) is 11.6 Å². The van der Waals surface area contributed by atoms with Gasteiger partial charge < -0.3 is 10.2 Å². The van der Waals surface area contributed by atoms with Crippen molar-refractivity contribution in [1.29, 1.82) is 5.26 Å². The number of carbonyl (C=O) groups excluding carboxylic acids is 1. The Bertz CT molecular complexity index is 731. The number of nitrogens with zero attached hydrogens (tertiary/aromatic N) is 2. The lowest BCUT2D eigenvalue weighted by Gasteiger charge is -2.21. The summed E-state index contributed by atoms with van der Waals surface area (Å²) in [6, 6.07) is 14.3. The third-order valence-electron chi connectivity index (χ3n) is 3.61. The number of benzene rings is 2. The maximum atomic E-state index is 12.3. The standard InChI is InChI=1S/C18H18ClN3O/c1-3-22(4-2)16-9-6-13(7-10-16)18(23)21-15-8-5-14(12-20)17(19)11-15/h5-11H,3-4H2,1-2H3,(H,21,23). The SMILES string of the molecule is CCN(CC)c1ccc(C(=O)Nc2ccc(C#N)c(Cl)c2)cc1. The summed E-state index contributed by atoms with van der Waals surface area (Å²) in [5.41, 5.74) is 2.61. The van der Waals surface area contributed by atoms with Crippen LogP contribution in [0.2, 0.25) is 5.02 Å². The van der Waals surface area contributed by atoms with E-state index in [0.717, 1.165) is 18.8 Å². The number of anilines is 2. The molecule has 2 aromatic rings. The van der Waals surface area contributed by atoms with Crippen LogP contribution in [-0.4, -0.2) is 19.0 Å². The number of nitrogens with one attached hydrogen (secondary N) is 1. The Morgan fingerprint density at radius 1 is 1.17 bits per heavy atom. The number of amides is 1. The van der Waals surface area contributed by atoms with Gasteiger partial charge in [0.2, 0.25) is 0 Å². The van der Waals surface area contributed by atoms with Gasteiger partial charge in [0.15, 0.2) is 0 Å². The molecular formula is C18H18ClN3O. The topological polar surface area (TPSA) is 56.1 Å². The molecule has 23 heavy (non-hydrogen) atoms. The number of carbonyl (C=O) groups is 1. The van der Waals surface area contributed by atoms with Crippen LogP contribution in [0.25, 0.3) is 0 Å². The molecule has 0 atom stereocenters. The van der Waals surface area contributed by atoms with Crippen LogP contribution < -0.4 is 10.2 Å². The second-order valence-corrected chi connectivity index (χ2v) is 5.39. The minimum absolute atomic E-state index is 0.211. The van der Waals surface area contributed by atoms with Gasteiger partial charge in [-0.15, -0.1) is 0 Å². The molecule has 0 spiro atoms. The third-order valence-corrected chi connectivity index (χ3v) is 3.92. The van der Waals surface area contributed by atoms with Gasteiger partial charge in [-0.25, -0.2) is 0 Å². The zero-order valence-corrected chi connectivity index (χ0v) is 13.9. The Morgan fingerprint density at radius 3 is 2.35 bits per heavy atom. The van der Waals surface area contributed by atoms with Crippen molar-refractivity contribution in [3.8, 4) is 6.07 Å². The lowest BCUT2D eigenvalue weighted by molar-refractivity contribution is 0.102. The van der Waals surface area contributed by atoms with Crippen LogP contribution >= 0.6 is 11.6 Å². The minimum atomic E-state index is -0.211. The van der Waals surface area contributed by atoms with Crippen LogP contribution in [-0.2, 0) is 0 Å². The van der Waals surface area contributed by atoms with Crippen molar-refractivity contribution in [2.75, 3.05) is 23.3 Å². The zero-order chi connectivity index (χ0) is 16.8. The van der Waals surface area contributed by atoms with E-state index in [-0.39, 0.29) is 5.91 Å². The monoisotopic (exact) mass is 327 g/mol. The lowest BCUT2D eigenvalue weighted by Crippen LogP contribution is -2.21. The zero-order valence-electron chi connectivity index (χ0n) is 13.1. The van der Waals surface area contributed by atoms with Crippen LogP contribution in [0.15, 0.2) is 42.5 Å². The highest BCUT2D eigenvalue weighted by molar-refractivity contribution is 6.32. The summed E-state index contributed by atoms with van der Waals surface area (Å²) in [6.45, 7) is 6.04. The molecule has 4 nitrogen and oxygen atoms in total. The van der Waals surface area contributed by atoms with E-state index in [2.05, 4.69) is 24.1 Å². The Hall–Kier alpha value is -2.51. The molecule has 0 aliphatic heterocycles. The Balaban J connectivity index is 2.12. The van der Waals surface area contributed by atoms with E-state index in [1.165, 1.54) is 0 Å². The molecule has 0 aliphatic carbocycles. The predicted molar refractivity (Wildman–Crippen MR) is 94.1 cm³/mol. The summed E-state index contributed by atoms with van der Waals surface area (Å²) in [7, 11) is 0. The molecule has 0 bridgehead atoms. The van der Waals surface area contributed by atoms with Crippen LogP contribution in [0.3, 0.4) is 0 Å². The first kappa shape index (κ1) is 16.9. The highest BCUT2D eigenvalue weighted by Gasteiger charge is 2.09. The molecule has 1 amide bonds. The summed E-state index contributed by atoms with van der Waals surface area (Å²) >= 11 is 5.97. The van der Waals surface area contributed by atoms with Crippen molar-refractivity contribution in [2.45, 2.75) is 13.8 Å². The maximum absolute atomic E-state index is 12.3. The van der Waals surface area contributed by atoms with E-state index in [4.69, 9.17) is 16.9 Å². The highest BCUT2D eigenvalue weighted by Crippen LogP contribution is 2.21. The quantitative estimate of drug-likeness (QED) is 0.890. The highest BCUT2D eigenvalue weighted by atomic mass is 35.5. The first-order valence-corrected chi connectivity index (χ1v) is 7.82. The summed E-state index contributed by atoms with van der Waals surface area (Å²) in [5, 5.41) is 12.0. The molecule has 118 valence electrons. The number of halogens is 1. The minimum Gasteiger partial charge on any atom is -0.372 e. The van der Waals surface area contributed by atoms with Gasteiger partial charge in [0.25, 0.3) is 5.91 Å². The van der Waals surface area contributed by atoms with Gasteiger partial charge in [0, 0.05) is 30.0 Å². The molecule has 1 N–H and O–H groups in total. The lowest BCUT2D eigenvalue weighted by atomic mass is 10.1. The molecule has 2 rings (SSSR count). The van der Waals surface area contributed by atoms with Crippen LogP contribution in [0, 0.1) is 11.3 Å². The molecule has 0 radical (unpaired) electrons. The van der Waals surface area contributed by atoms with Crippen molar-refractivity contribution in [3.05, 3.63) is 58.6 Å². The summed E-state index contributed by atoms with van der Waals surface area (Å²) in [4.78, 5) is 14.5. The van der Waals surface area contributed by atoms with Gasteiger partial charge >= 0.3 is 0 Å². The fourth-order valence-electron chi connectivity index (χ4n) is 2.30. The third kappa shape index (κ3) is 4.02. The van der Waals surface area contributed by atoms with Gasteiger partial charge in [-0.05, 0) is 56.3 Å². The normalized spacial score (nSPS) is 10.0. The number of hydrogen-bond donors (Lipinski definition) is 1.